The first-order valence-corrected chi connectivity index (χ1v) is 4.12. The maximum atomic E-state index is 6.31. The zero-order chi connectivity index (χ0) is 4.83. The van der Waals surface area contributed by atoms with Gasteiger partial charge in [0.25, 0.3) is 0 Å². The fourth-order valence-corrected chi connectivity index (χ4v) is 0.544. The molecule has 0 aromatic carbocycles. The molecule has 0 aromatic heterocycles. The van der Waals surface area contributed by atoms with E-state index < -0.39 is 0 Å². The summed E-state index contributed by atoms with van der Waals surface area (Å²) in [5.41, 5.74) is 0. The average molecular weight is 264 g/mol. The summed E-state index contributed by atoms with van der Waals surface area (Å²) in [6.45, 7) is 9.81. The van der Waals surface area contributed by atoms with Crippen LogP contribution in [0.15, 0.2) is 10.9 Å². The molecule has 0 aliphatic heterocycles. The zero-order valence-electron chi connectivity index (χ0n) is 3.24. The van der Waals surface area contributed by atoms with E-state index in [9.17, 15) is 0 Å². The van der Waals surface area contributed by atoms with Crippen LogP contribution in [-0.4, -0.2) is 4.76 Å². The second-order valence-electron chi connectivity index (χ2n) is 0.500. The second kappa shape index (κ2) is 4.97. The minimum absolute atomic E-state index is 0.129. The predicted molar refractivity (Wildman–Crippen MR) is 21.7 cm³/mol. The predicted octanol–water partition coefficient (Wildman–Crippen LogP) is 1.09. The summed E-state index contributed by atoms with van der Waals surface area (Å²) in [6, 6.07) is 0. The quantitative estimate of drug-likeness (QED) is 0.399. The molecule has 0 atom stereocenters. The summed E-state index contributed by atoms with van der Waals surface area (Å²) in [6.07, 6.45) is 0. The molecule has 0 amide bonds. The van der Waals surface area contributed by atoms with Crippen LogP contribution in [0.2, 0.25) is 0 Å². The third-order valence-electron chi connectivity index (χ3n) is 0.190. The van der Waals surface area contributed by atoms with E-state index in [2.05, 4.69) is 11.4 Å². The zero-order valence-corrected chi connectivity index (χ0v) is 5.41. The maximum absolute atomic E-state index is 6.31. The van der Waals surface area contributed by atoms with Crippen molar-refractivity contribution < 1.29 is 19.8 Å². The number of nitrogens with zero attached hydrogens (tertiary/aromatic N) is 1. The van der Waals surface area contributed by atoms with E-state index in [1.807, 2.05) is 4.29 Å². The van der Waals surface area contributed by atoms with Crippen LogP contribution in [0.5, 0.6) is 0 Å². The molecule has 36 valence electrons. The van der Waals surface area contributed by atoms with Crippen molar-refractivity contribution in [2.45, 2.75) is 0 Å². The van der Waals surface area contributed by atoms with Crippen LogP contribution >= 0.6 is 0 Å². The molecule has 0 fully saturated rings. The van der Waals surface area contributed by atoms with Gasteiger partial charge in [-0.15, -0.1) is 0 Å². The number of hydrogen-bond donors (Lipinski definition) is 0. The van der Waals surface area contributed by atoms with Crippen molar-refractivity contribution in [1.82, 2.24) is 0 Å². The van der Waals surface area contributed by atoms with Crippen molar-refractivity contribution in [3.05, 3.63) is 22.3 Å². The molecule has 0 radical (unpaired) electrons. The topological polar surface area (TPSA) is 4.36 Å². The molecule has 0 aromatic rings. The molecule has 1 nitrogen and oxygen atoms in total. The van der Waals surface area contributed by atoms with Gasteiger partial charge in [0.15, 0.2) is 0 Å². The van der Waals surface area contributed by atoms with E-state index in [-0.39, 0.29) is 19.8 Å². The van der Waals surface area contributed by atoms with Crippen molar-refractivity contribution in [1.29, 1.82) is 0 Å². The molecule has 0 heterocycles. The Labute approximate surface area is 47.2 Å². The molecule has 0 aliphatic carbocycles. The molecule has 0 saturated heterocycles. The summed E-state index contributed by atoms with van der Waals surface area (Å²) in [7, 11) is 0. The van der Waals surface area contributed by atoms with Gasteiger partial charge in [0.2, 0.25) is 0 Å². The van der Waals surface area contributed by atoms with E-state index >= 15 is 0 Å². The summed E-state index contributed by atoms with van der Waals surface area (Å²) in [4.78, 5) is 3.15. The normalized spacial score (nSPS) is 7.17. The fraction of sp³-hybridized carbons (Fsp3) is 0.250. The Bertz CT molecular complexity index is 72.1. The third-order valence-corrected chi connectivity index (χ3v) is 1.55. The van der Waals surface area contributed by atoms with Crippen molar-refractivity contribution in [3.63, 3.8) is 0 Å². The van der Waals surface area contributed by atoms with Gasteiger partial charge in [0.05, 0.1) is 0 Å². The van der Waals surface area contributed by atoms with Crippen molar-refractivity contribution >= 4 is 0 Å². The van der Waals surface area contributed by atoms with Gasteiger partial charge in [-0.05, 0) is 0 Å². The Morgan fingerprint density at radius 1 is 2.00 bits per heavy atom. The Morgan fingerprint density at radius 2 is 2.67 bits per heavy atom. The Morgan fingerprint density at radius 3 is 2.83 bits per heavy atom. The van der Waals surface area contributed by atoms with Gasteiger partial charge in [-0.1, -0.05) is 0 Å². The van der Waals surface area contributed by atoms with Gasteiger partial charge in [-0.2, -0.15) is 0 Å². The van der Waals surface area contributed by atoms with E-state index in [4.69, 9.17) is 6.57 Å². The van der Waals surface area contributed by atoms with Crippen LogP contribution in [-0.2, 0) is 19.8 Å². The van der Waals surface area contributed by atoms with Gasteiger partial charge in [-0.3, -0.25) is 0 Å². The summed E-state index contributed by atoms with van der Waals surface area (Å²) >= 11 is 0.129. The molecular formula is C4H5AuN+. The molecular weight excluding hydrogens is 259 g/mol. The van der Waals surface area contributed by atoms with Gasteiger partial charge in [0.1, 0.15) is 0 Å². The monoisotopic (exact) mass is 264 g/mol. The third kappa shape index (κ3) is 3.97. The number of hydrogen-bond acceptors (Lipinski definition) is 0. The van der Waals surface area contributed by atoms with E-state index in [1.165, 1.54) is 0 Å². The molecule has 0 saturated carbocycles. The molecule has 0 N–H and O–H groups in total. The first kappa shape index (κ1) is 5.97. The fourth-order valence-electron chi connectivity index (χ4n) is 0.0664. The SMILES string of the molecule is [C-]#[N+][CH2][Au+][CH]=C. The minimum atomic E-state index is 0.129. The van der Waals surface area contributed by atoms with Gasteiger partial charge < -0.3 is 0 Å². The molecule has 0 bridgehead atoms. The molecule has 0 aliphatic rings. The first-order valence-electron chi connectivity index (χ1n) is 1.34. The van der Waals surface area contributed by atoms with Crippen LogP contribution < -0.4 is 0 Å². The van der Waals surface area contributed by atoms with E-state index in [1.54, 1.807) is 0 Å². The van der Waals surface area contributed by atoms with Crippen molar-refractivity contribution in [3.8, 4) is 0 Å². The first-order chi connectivity index (χ1) is 2.91. The standard InChI is InChI=1S/C2H2N.C2H3.Au/c1-3-2;1-2;/h1H2;1H,2H2;/q;;+1. The Hall–Kier alpha value is -0.0297. The molecule has 0 spiro atoms. The van der Waals surface area contributed by atoms with Gasteiger partial charge in [0, 0.05) is 0 Å². The van der Waals surface area contributed by atoms with Crippen LogP contribution in [0.4, 0.5) is 0 Å². The second-order valence-corrected chi connectivity index (χ2v) is 2.95. The molecule has 0 unspecified atom stereocenters. The summed E-state index contributed by atoms with van der Waals surface area (Å²) in [5.74, 6) is 0. The van der Waals surface area contributed by atoms with Gasteiger partial charge >= 0.3 is 46.8 Å². The number of rotatable bonds is 2. The van der Waals surface area contributed by atoms with Crippen LogP contribution in [0.25, 0.3) is 4.85 Å². The average Bonchev–Trinajstić information content (AvgIpc) is 1.61. The van der Waals surface area contributed by atoms with E-state index in [0.717, 1.165) is 0 Å². The van der Waals surface area contributed by atoms with E-state index in [0.29, 0.717) is 4.76 Å². The summed E-state index contributed by atoms with van der Waals surface area (Å²) in [5, 5.41) is 0. The van der Waals surface area contributed by atoms with Gasteiger partial charge in [-0.25, -0.2) is 0 Å². The summed E-state index contributed by atoms with van der Waals surface area (Å²) < 4.78 is 2.53. The van der Waals surface area contributed by atoms with Crippen molar-refractivity contribution in [2.75, 3.05) is 4.76 Å². The Balaban J connectivity index is 2.72. The Kier molecular flexibility index (Phi) is 4.95. The van der Waals surface area contributed by atoms with Crippen LogP contribution in [0.3, 0.4) is 0 Å². The molecule has 2 heteroatoms. The van der Waals surface area contributed by atoms with Crippen LogP contribution in [0, 0.1) is 6.57 Å². The molecule has 0 rings (SSSR count). The molecule has 6 heavy (non-hydrogen) atoms. The van der Waals surface area contributed by atoms with Crippen molar-refractivity contribution in [2.24, 2.45) is 0 Å². The van der Waals surface area contributed by atoms with Crippen LogP contribution in [0.1, 0.15) is 0 Å².